The number of hydrogen-bond acceptors (Lipinski definition) is 3. The van der Waals surface area contributed by atoms with Crippen LogP contribution >= 0.6 is 0 Å². The molecule has 1 aromatic rings. The van der Waals surface area contributed by atoms with Crippen LogP contribution in [0.25, 0.3) is 0 Å². The van der Waals surface area contributed by atoms with Crippen molar-refractivity contribution in [3.8, 4) is 5.75 Å². The van der Waals surface area contributed by atoms with Gasteiger partial charge in [0, 0.05) is 19.6 Å². The van der Waals surface area contributed by atoms with Gasteiger partial charge in [0.1, 0.15) is 5.75 Å². The fraction of sp³-hybridized carbons (Fsp3) is 0.467. The molecule has 0 aromatic heterocycles. The van der Waals surface area contributed by atoms with Gasteiger partial charge in [-0.15, -0.1) is 0 Å². The average Bonchev–Trinajstić information content (AvgIpc) is 2.44. The molecule has 6 nitrogen and oxygen atoms in total. The molecule has 0 fully saturated rings. The minimum atomic E-state index is -0.479. The number of aliphatic imine (C=N–C) groups is 1. The number of nitrogens with one attached hydrogen (secondary N) is 2. The van der Waals surface area contributed by atoms with Crippen molar-refractivity contribution in [2.75, 3.05) is 20.2 Å². The maximum Gasteiger partial charge on any atom is 0.255 e. The first kappa shape index (κ1) is 16.8. The molecule has 1 rings (SSSR count). The van der Waals surface area contributed by atoms with E-state index in [1.54, 1.807) is 7.05 Å². The van der Waals surface area contributed by atoms with Crippen LogP contribution in [-0.2, 0) is 11.2 Å². The molecule has 0 saturated heterocycles. The molecule has 0 bridgehead atoms. The third-order valence-corrected chi connectivity index (χ3v) is 2.66. The van der Waals surface area contributed by atoms with E-state index in [2.05, 4.69) is 29.5 Å². The summed E-state index contributed by atoms with van der Waals surface area (Å²) in [7, 11) is 1.75. The lowest BCUT2D eigenvalue weighted by Gasteiger charge is -2.14. The van der Waals surface area contributed by atoms with Gasteiger partial charge in [0.25, 0.3) is 5.91 Å². The smallest absolute Gasteiger partial charge is 0.255 e. The molecule has 0 atom stereocenters. The van der Waals surface area contributed by atoms with E-state index in [0.717, 1.165) is 18.9 Å². The van der Waals surface area contributed by atoms with Crippen molar-refractivity contribution in [2.45, 2.75) is 26.3 Å². The predicted molar refractivity (Wildman–Crippen MR) is 84.5 cm³/mol. The van der Waals surface area contributed by atoms with E-state index in [9.17, 15) is 4.79 Å². The summed E-state index contributed by atoms with van der Waals surface area (Å²) in [6.45, 7) is 4.82. The molecule has 21 heavy (non-hydrogen) atoms. The number of guanidine groups is 1. The third kappa shape index (κ3) is 7.20. The SMILES string of the molecule is CN=C(NCCc1ccc(OCC(N)=O)cc1)NC(C)C. The summed E-state index contributed by atoms with van der Waals surface area (Å²) in [6.07, 6.45) is 0.870. The lowest BCUT2D eigenvalue weighted by Crippen LogP contribution is -2.41. The van der Waals surface area contributed by atoms with Crippen LogP contribution in [0.5, 0.6) is 5.75 Å². The Hall–Kier alpha value is -2.24. The second-order valence-electron chi connectivity index (χ2n) is 4.95. The number of amides is 1. The van der Waals surface area contributed by atoms with Crippen LogP contribution in [0.4, 0.5) is 0 Å². The second-order valence-corrected chi connectivity index (χ2v) is 4.95. The van der Waals surface area contributed by atoms with Crippen molar-refractivity contribution >= 4 is 11.9 Å². The molecular weight excluding hydrogens is 268 g/mol. The number of nitrogens with zero attached hydrogens (tertiary/aromatic N) is 1. The molecule has 4 N–H and O–H groups in total. The number of carbonyl (C=O) groups excluding carboxylic acids is 1. The summed E-state index contributed by atoms with van der Waals surface area (Å²) in [6, 6.07) is 7.95. The standard InChI is InChI=1S/C15H24N4O2/c1-11(2)19-15(17-3)18-9-8-12-4-6-13(7-5-12)21-10-14(16)20/h4-7,11H,8-10H2,1-3H3,(H2,16,20)(H2,17,18,19). The summed E-state index contributed by atoms with van der Waals surface area (Å²) in [5.41, 5.74) is 6.20. The molecule has 0 aliphatic carbocycles. The number of nitrogens with two attached hydrogens (primary N) is 1. The molecule has 0 saturated carbocycles. The zero-order valence-electron chi connectivity index (χ0n) is 12.8. The van der Waals surface area contributed by atoms with Crippen LogP contribution < -0.4 is 21.1 Å². The van der Waals surface area contributed by atoms with Gasteiger partial charge >= 0.3 is 0 Å². The Morgan fingerprint density at radius 3 is 2.52 bits per heavy atom. The molecule has 0 radical (unpaired) electrons. The largest absolute Gasteiger partial charge is 0.484 e. The Morgan fingerprint density at radius 1 is 1.33 bits per heavy atom. The van der Waals surface area contributed by atoms with Crippen LogP contribution in [0.2, 0.25) is 0 Å². The first-order valence-corrected chi connectivity index (χ1v) is 6.98. The van der Waals surface area contributed by atoms with Crippen LogP contribution in [0, 0.1) is 0 Å². The van der Waals surface area contributed by atoms with E-state index in [1.165, 1.54) is 5.56 Å². The Morgan fingerprint density at radius 2 is 2.00 bits per heavy atom. The Bertz CT molecular complexity index is 469. The van der Waals surface area contributed by atoms with Crippen molar-refractivity contribution in [1.82, 2.24) is 10.6 Å². The summed E-state index contributed by atoms with van der Waals surface area (Å²) in [4.78, 5) is 14.8. The molecule has 0 unspecified atom stereocenters. The summed E-state index contributed by atoms with van der Waals surface area (Å²) >= 11 is 0. The van der Waals surface area contributed by atoms with E-state index in [1.807, 2.05) is 24.3 Å². The zero-order valence-corrected chi connectivity index (χ0v) is 12.8. The Labute approximate surface area is 125 Å². The van der Waals surface area contributed by atoms with E-state index in [0.29, 0.717) is 11.8 Å². The van der Waals surface area contributed by atoms with Crippen molar-refractivity contribution in [3.05, 3.63) is 29.8 Å². The monoisotopic (exact) mass is 292 g/mol. The maximum atomic E-state index is 10.6. The summed E-state index contributed by atoms with van der Waals surface area (Å²) in [5, 5.41) is 6.48. The number of benzene rings is 1. The third-order valence-electron chi connectivity index (χ3n) is 2.66. The van der Waals surface area contributed by atoms with Gasteiger partial charge in [0.05, 0.1) is 0 Å². The van der Waals surface area contributed by atoms with Gasteiger partial charge in [-0.3, -0.25) is 9.79 Å². The lowest BCUT2D eigenvalue weighted by atomic mass is 10.1. The van der Waals surface area contributed by atoms with Gasteiger partial charge in [-0.05, 0) is 38.0 Å². The van der Waals surface area contributed by atoms with Gasteiger partial charge in [0.2, 0.25) is 0 Å². The van der Waals surface area contributed by atoms with Crippen LogP contribution in [0.15, 0.2) is 29.3 Å². The Balaban J connectivity index is 2.37. The molecule has 6 heteroatoms. The van der Waals surface area contributed by atoms with Crippen molar-refractivity contribution < 1.29 is 9.53 Å². The molecule has 0 aliphatic heterocycles. The van der Waals surface area contributed by atoms with Gasteiger partial charge in [-0.2, -0.15) is 0 Å². The normalized spacial score (nSPS) is 11.3. The fourth-order valence-electron chi connectivity index (χ4n) is 1.70. The highest BCUT2D eigenvalue weighted by Crippen LogP contribution is 2.12. The molecular formula is C15H24N4O2. The number of hydrogen-bond donors (Lipinski definition) is 3. The minimum absolute atomic E-state index is 0.0991. The minimum Gasteiger partial charge on any atom is -0.484 e. The fourth-order valence-corrected chi connectivity index (χ4v) is 1.70. The number of rotatable bonds is 7. The van der Waals surface area contributed by atoms with E-state index in [-0.39, 0.29) is 6.61 Å². The number of carbonyl (C=O) groups is 1. The molecule has 0 heterocycles. The molecule has 1 amide bonds. The first-order chi connectivity index (χ1) is 10.0. The van der Waals surface area contributed by atoms with Crippen molar-refractivity contribution in [2.24, 2.45) is 10.7 Å². The van der Waals surface area contributed by atoms with Crippen LogP contribution in [-0.4, -0.2) is 38.1 Å². The van der Waals surface area contributed by atoms with Gasteiger partial charge in [-0.1, -0.05) is 12.1 Å². The summed E-state index contributed by atoms with van der Waals surface area (Å²) < 4.78 is 5.21. The topological polar surface area (TPSA) is 88.7 Å². The Kier molecular flexibility index (Phi) is 7.08. The highest BCUT2D eigenvalue weighted by Gasteiger charge is 2.01. The average molecular weight is 292 g/mol. The lowest BCUT2D eigenvalue weighted by molar-refractivity contribution is -0.119. The number of primary amides is 1. The molecule has 0 aliphatic rings. The predicted octanol–water partition coefficient (Wildman–Crippen LogP) is 0.667. The first-order valence-electron chi connectivity index (χ1n) is 6.98. The van der Waals surface area contributed by atoms with E-state index >= 15 is 0 Å². The highest BCUT2D eigenvalue weighted by atomic mass is 16.5. The summed E-state index contributed by atoms with van der Waals surface area (Å²) in [5.74, 6) is 0.960. The van der Waals surface area contributed by atoms with Crippen LogP contribution in [0.1, 0.15) is 19.4 Å². The van der Waals surface area contributed by atoms with E-state index in [4.69, 9.17) is 10.5 Å². The van der Waals surface area contributed by atoms with Crippen LogP contribution in [0.3, 0.4) is 0 Å². The maximum absolute atomic E-state index is 10.6. The van der Waals surface area contributed by atoms with Crippen molar-refractivity contribution in [3.63, 3.8) is 0 Å². The number of ether oxygens (including phenoxy) is 1. The zero-order chi connectivity index (χ0) is 15.7. The van der Waals surface area contributed by atoms with Gasteiger partial charge in [0.15, 0.2) is 12.6 Å². The molecule has 116 valence electrons. The quantitative estimate of drug-likeness (QED) is 0.509. The van der Waals surface area contributed by atoms with E-state index < -0.39 is 5.91 Å². The van der Waals surface area contributed by atoms with Gasteiger partial charge < -0.3 is 21.1 Å². The van der Waals surface area contributed by atoms with Crippen molar-refractivity contribution in [1.29, 1.82) is 0 Å². The molecule has 0 spiro atoms. The highest BCUT2D eigenvalue weighted by molar-refractivity contribution is 5.79. The van der Waals surface area contributed by atoms with Gasteiger partial charge in [-0.25, -0.2) is 0 Å². The molecule has 1 aromatic carbocycles. The second kappa shape index (κ2) is 8.84.